The van der Waals surface area contributed by atoms with E-state index in [-0.39, 0.29) is 16.2 Å². The number of benzene rings is 3. The maximum atomic E-state index is 12.9. The molecule has 1 aromatic heterocycles. The van der Waals surface area contributed by atoms with Crippen molar-refractivity contribution in [2.45, 2.75) is 4.90 Å². The van der Waals surface area contributed by atoms with E-state index >= 15 is 0 Å². The third-order valence-electron chi connectivity index (χ3n) is 5.03. The second-order valence-electron chi connectivity index (χ2n) is 7.43. The van der Waals surface area contributed by atoms with Crippen LogP contribution in [0.25, 0.3) is 11.1 Å². The number of carbonyl (C=O) groups excluding carboxylic acids is 2. The molecule has 3 aromatic carbocycles. The van der Waals surface area contributed by atoms with Crippen molar-refractivity contribution in [3.05, 3.63) is 107 Å². The van der Waals surface area contributed by atoms with Crippen molar-refractivity contribution in [1.29, 1.82) is 0 Å². The van der Waals surface area contributed by atoms with Crippen molar-refractivity contribution in [2.24, 2.45) is 5.14 Å². The van der Waals surface area contributed by atoms with Crippen molar-refractivity contribution in [3.63, 3.8) is 0 Å². The molecule has 1 heterocycles. The molecule has 0 aliphatic carbocycles. The summed E-state index contributed by atoms with van der Waals surface area (Å²) in [4.78, 5) is 29.5. The number of nitrogens with one attached hydrogen (secondary N) is 2. The van der Waals surface area contributed by atoms with Crippen LogP contribution in [0.15, 0.2) is 96.0 Å². The molecule has 176 valence electrons. The summed E-state index contributed by atoms with van der Waals surface area (Å²) in [5.74, 6) is -0.928. The van der Waals surface area contributed by atoms with Crippen molar-refractivity contribution in [2.75, 3.05) is 10.6 Å². The van der Waals surface area contributed by atoms with Crippen LogP contribution in [-0.4, -0.2) is 25.2 Å². The number of nitrogens with two attached hydrogens (primary N) is 1. The summed E-state index contributed by atoms with van der Waals surface area (Å²) >= 11 is 5.81. The SMILES string of the molecule is NS(=O)(=O)c1ccccc1-c1ccc(NC(=O)c2ccccc2NC(=O)c2ccc(Cl)cn2)cc1. The first-order chi connectivity index (χ1) is 16.7. The summed E-state index contributed by atoms with van der Waals surface area (Å²) in [6, 6.07) is 22.6. The van der Waals surface area contributed by atoms with E-state index < -0.39 is 21.8 Å². The summed E-state index contributed by atoms with van der Waals surface area (Å²) in [7, 11) is -3.90. The van der Waals surface area contributed by atoms with Gasteiger partial charge in [0, 0.05) is 17.4 Å². The number of anilines is 2. The molecule has 0 aliphatic rings. The minimum atomic E-state index is -3.90. The molecule has 35 heavy (non-hydrogen) atoms. The summed E-state index contributed by atoms with van der Waals surface area (Å²) in [6.45, 7) is 0. The highest BCUT2D eigenvalue weighted by molar-refractivity contribution is 7.89. The van der Waals surface area contributed by atoms with E-state index in [0.717, 1.165) is 0 Å². The monoisotopic (exact) mass is 506 g/mol. The number of halogens is 1. The topological polar surface area (TPSA) is 131 Å². The lowest BCUT2D eigenvalue weighted by Crippen LogP contribution is -2.19. The lowest BCUT2D eigenvalue weighted by atomic mass is 10.1. The molecule has 2 amide bonds. The zero-order chi connectivity index (χ0) is 25.0. The molecule has 0 saturated heterocycles. The Morgan fingerprint density at radius 2 is 1.49 bits per heavy atom. The third-order valence-corrected chi connectivity index (χ3v) is 6.22. The predicted octanol–water partition coefficient (Wildman–Crippen LogP) is 4.55. The van der Waals surface area contributed by atoms with Crippen LogP contribution in [0.3, 0.4) is 0 Å². The Balaban J connectivity index is 1.52. The first kappa shape index (κ1) is 24.1. The highest BCUT2D eigenvalue weighted by atomic mass is 35.5. The zero-order valence-electron chi connectivity index (χ0n) is 18.1. The van der Waals surface area contributed by atoms with Crippen molar-refractivity contribution in [3.8, 4) is 11.1 Å². The molecule has 0 atom stereocenters. The highest BCUT2D eigenvalue weighted by Gasteiger charge is 2.17. The number of primary sulfonamides is 1. The number of carbonyl (C=O) groups is 2. The quantitative estimate of drug-likeness (QED) is 0.353. The van der Waals surface area contributed by atoms with Crippen LogP contribution in [0.5, 0.6) is 0 Å². The number of aromatic nitrogens is 1. The number of para-hydroxylation sites is 1. The highest BCUT2D eigenvalue weighted by Crippen LogP contribution is 2.28. The van der Waals surface area contributed by atoms with Crippen LogP contribution < -0.4 is 15.8 Å². The Morgan fingerprint density at radius 1 is 0.800 bits per heavy atom. The molecule has 0 fully saturated rings. The van der Waals surface area contributed by atoms with Gasteiger partial charge in [0.1, 0.15) is 5.69 Å². The van der Waals surface area contributed by atoms with E-state index in [9.17, 15) is 18.0 Å². The number of pyridine rings is 1. The van der Waals surface area contributed by atoms with E-state index in [2.05, 4.69) is 15.6 Å². The van der Waals surface area contributed by atoms with Gasteiger partial charge in [0.05, 0.1) is 21.2 Å². The molecule has 0 saturated carbocycles. The summed E-state index contributed by atoms with van der Waals surface area (Å²) < 4.78 is 23.8. The van der Waals surface area contributed by atoms with Gasteiger partial charge in [-0.15, -0.1) is 0 Å². The number of amides is 2. The molecular formula is C25H19ClN4O4S. The van der Waals surface area contributed by atoms with Crippen LogP contribution in [0.2, 0.25) is 5.02 Å². The molecule has 0 spiro atoms. The standard InChI is InChI=1S/C25H19ClN4O4S/c26-17-11-14-22(28-15-17)25(32)30-21-7-3-1-6-20(21)24(31)29-18-12-9-16(10-13-18)19-5-2-4-8-23(19)35(27,33)34/h1-15H,(H,29,31)(H,30,32)(H2,27,33,34). The van der Waals surface area contributed by atoms with Gasteiger partial charge in [0.25, 0.3) is 11.8 Å². The number of hydrogen-bond acceptors (Lipinski definition) is 5. The van der Waals surface area contributed by atoms with Crippen molar-refractivity contribution < 1.29 is 18.0 Å². The lowest BCUT2D eigenvalue weighted by molar-refractivity contribution is 0.102. The first-order valence-corrected chi connectivity index (χ1v) is 12.2. The molecular weight excluding hydrogens is 488 g/mol. The van der Waals surface area contributed by atoms with Gasteiger partial charge in [-0.3, -0.25) is 9.59 Å². The molecule has 0 bridgehead atoms. The second-order valence-corrected chi connectivity index (χ2v) is 9.40. The Morgan fingerprint density at radius 3 is 2.17 bits per heavy atom. The Hall–Kier alpha value is -4.05. The molecule has 0 unspecified atom stereocenters. The Kier molecular flexibility index (Phi) is 6.92. The third kappa shape index (κ3) is 5.72. The van der Waals surface area contributed by atoms with Gasteiger partial charge >= 0.3 is 0 Å². The van der Waals surface area contributed by atoms with Crippen molar-refractivity contribution in [1.82, 2.24) is 4.98 Å². The molecule has 8 nitrogen and oxygen atoms in total. The van der Waals surface area contributed by atoms with Gasteiger partial charge in [0.15, 0.2) is 0 Å². The molecule has 10 heteroatoms. The summed E-state index contributed by atoms with van der Waals surface area (Å²) in [6.07, 6.45) is 1.36. The number of rotatable bonds is 6. The Bertz CT molecular complexity index is 1510. The van der Waals surface area contributed by atoms with Gasteiger partial charge in [-0.05, 0) is 48.0 Å². The van der Waals surface area contributed by atoms with Crippen LogP contribution in [-0.2, 0) is 10.0 Å². The summed E-state index contributed by atoms with van der Waals surface area (Å²) in [5.41, 5.74) is 2.27. The number of sulfonamides is 1. The average Bonchev–Trinajstić information content (AvgIpc) is 2.84. The maximum absolute atomic E-state index is 12.9. The minimum Gasteiger partial charge on any atom is -0.322 e. The first-order valence-electron chi connectivity index (χ1n) is 10.3. The molecule has 0 aliphatic heterocycles. The van der Waals surface area contributed by atoms with Gasteiger partial charge in [0.2, 0.25) is 10.0 Å². The van der Waals surface area contributed by atoms with E-state index in [0.29, 0.717) is 27.5 Å². The van der Waals surface area contributed by atoms with Gasteiger partial charge in [-0.1, -0.05) is 54.1 Å². The maximum Gasteiger partial charge on any atom is 0.274 e. The Labute approximate surface area is 206 Å². The smallest absolute Gasteiger partial charge is 0.274 e. The second kappa shape index (κ2) is 10.1. The van der Waals surface area contributed by atoms with Crippen molar-refractivity contribution >= 4 is 44.8 Å². The van der Waals surface area contributed by atoms with Crippen LogP contribution in [0.1, 0.15) is 20.8 Å². The average molecular weight is 507 g/mol. The largest absolute Gasteiger partial charge is 0.322 e. The van der Waals surface area contributed by atoms with Crippen LogP contribution in [0, 0.1) is 0 Å². The fraction of sp³-hybridized carbons (Fsp3) is 0. The fourth-order valence-electron chi connectivity index (χ4n) is 3.37. The lowest BCUT2D eigenvalue weighted by Gasteiger charge is -2.12. The van der Waals surface area contributed by atoms with E-state index in [1.165, 1.54) is 18.3 Å². The van der Waals surface area contributed by atoms with E-state index in [4.69, 9.17) is 16.7 Å². The van der Waals surface area contributed by atoms with Gasteiger partial charge < -0.3 is 10.6 Å². The van der Waals surface area contributed by atoms with Gasteiger partial charge in [-0.25, -0.2) is 18.5 Å². The predicted molar refractivity (Wildman–Crippen MR) is 135 cm³/mol. The van der Waals surface area contributed by atoms with E-state index in [1.54, 1.807) is 72.8 Å². The normalized spacial score (nSPS) is 11.0. The van der Waals surface area contributed by atoms with Gasteiger partial charge in [-0.2, -0.15) is 0 Å². The molecule has 4 rings (SSSR count). The number of nitrogens with zero attached hydrogens (tertiary/aromatic N) is 1. The zero-order valence-corrected chi connectivity index (χ0v) is 19.7. The number of hydrogen-bond donors (Lipinski definition) is 3. The van der Waals surface area contributed by atoms with Crippen LogP contribution >= 0.6 is 11.6 Å². The molecule has 4 aromatic rings. The molecule has 0 radical (unpaired) electrons. The minimum absolute atomic E-state index is 0.0108. The van der Waals surface area contributed by atoms with Crippen LogP contribution in [0.4, 0.5) is 11.4 Å². The molecule has 4 N–H and O–H groups in total. The van der Waals surface area contributed by atoms with E-state index in [1.807, 2.05) is 0 Å². The summed E-state index contributed by atoms with van der Waals surface area (Å²) in [5, 5.41) is 11.2. The fourth-order valence-corrected chi connectivity index (χ4v) is 4.24.